The van der Waals surface area contributed by atoms with Crippen molar-refractivity contribution in [3.8, 4) is 0 Å². The lowest BCUT2D eigenvalue weighted by Gasteiger charge is -2.33. The maximum Gasteiger partial charge on any atom is 0.389 e. The van der Waals surface area contributed by atoms with Crippen molar-refractivity contribution in [1.29, 1.82) is 0 Å². The van der Waals surface area contributed by atoms with Crippen LogP contribution in [0.5, 0.6) is 0 Å². The normalized spacial score (nSPS) is 24.3. The van der Waals surface area contributed by atoms with E-state index in [1.807, 2.05) is 0 Å². The molecule has 1 heterocycles. The number of halogens is 3. The lowest BCUT2D eigenvalue weighted by Crippen LogP contribution is -2.36. The first kappa shape index (κ1) is 14.4. The van der Waals surface area contributed by atoms with Crippen molar-refractivity contribution in [2.75, 3.05) is 5.75 Å². The lowest BCUT2D eigenvalue weighted by atomic mass is 9.88. The molecule has 0 aromatic heterocycles. The maximum absolute atomic E-state index is 12.2. The van der Waals surface area contributed by atoms with E-state index in [2.05, 4.69) is 5.32 Å². The molecule has 7 heteroatoms. The van der Waals surface area contributed by atoms with E-state index in [-0.39, 0.29) is 17.0 Å². The fourth-order valence-corrected chi connectivity index (χ4v) is 3.63. The summed E-state index contributed by atoms with van der Waals surface area (Å²) in [4.78, 5) is 0. The van der Waals surface area contributed by atoms with E-state index in [1.54, 1.807) is 0 Å². The van der Waals surface area contributed by atoms with Gasteiger partial charge in [0.2, 0.25) is 5.88 Å². The van der Waals surface area contributed by atoms with Gasteiger partial charge in [0.1, 0.15) is 0 Å². The molecular weight excluding hydrogens is 277 g/mol. The van der Waals surface area contributed by atoms with Crippen LogP contribution in [0.2, 0.25) is 0 Å². The van der Waals surface area contributed by atoms with Gasteiger partial charge in [0.05, 0.1) is 17.5 Å². The summed E-state index contributed by atoms with van der Waals surface area (Å²) in [6.45, 7) is 0. The highest BCUT2D eigenvalue weighted by atomic mass is 32.2. The Bertz CT molecular complexity index is 418. The smallest absolute Gasteiger partial charge is 0.389 e. The molecule has 1 aliphatic heterocycles. The molecule has 1 atom stereocenters. The van der Waals surface area contributed by atoms with Crippen molar-refractivity contribution in [3.63, 3.8) is 0 Å². The van der Waals surface area contributed by atoms with Crippen molar-refractivity contribution in [1.82, 2.24) is 5.32 Å². The molecule has 0 spiro atoms. The van der Waals surface area contributed by atoms with Gasteiger partial charge in [0, 0.05) is 5.75 Å². The van der Waals surface area contributed by atoms with Crippen LogP contribution in [-0.4, -0.2) is 22.4 Å². The van der Waals surface area contributed by atoms with Crippen LogP contribution >= 0.6 is 11.8 Å². The van der Waals surface area contributed by atoms with E-state index >= 15 is 0 Å². The summed E-state index contributed by atoms with van der Waals surface area (Å²) in [5.41, 5.74) is 8.14. The van der Waals surface area contributed by atoms with E-state index in [0.717, 1.165) is 36.8 Å². The topological polar surface area (TPSA) is 58.3 Å². The van der Waals surface area contributed by atoms with Gasteiger partial charge in [-0.2, -0.15) is 13.2 Å². The first-order chi connectivity index (χ1) is 8.88. The average molecular weight is 294 g/mol. The Kier molecular flexibility index (Phi) is 4.23. The van der Waals surface area contributed by atoms with Crippen LogP contribution in [0.1, 0.15) is 32.1 Å². The van der Waals surface area contributed by atoms with E-state index in [0.29, 0.717) is 5.70 Å². The molecule has 3 nitrogen and oxygen atoms in total. The quantitative estimate of drug-likeness (QED) is 0.748. The van der Waals surface area contributed by atoms with Crippen LogP contribution in [0.25, 0.3) is 0 Å². The number of alkyl halides is 3. The van der Waals surface area contributed by atoms with Crippen molar-refractivity contribution in [2.24, 2.45) is 5.73 Å². The molecule has 4 N–H and O–H groups in total. The fraction of sp³-hybridized carbons (Fsp3) is 0.667. The van der Waals surface area contributed by atoms with Gasteiger partial charge in [0.25, 0.3) is 0 Å². The number of rotatable bonds is 3. The number of aliphatic hydroxyl groups is 1. The molecule has 19 heavy (non-hydrogen) atoms. The Morgan fingerprint density at radius 2 is 2.00 bits per heavy atom. The molecule has 0 saturated heterocycles. The molecule has 108 valence electrons. The fourth-order valence-electron chi connectivity index (χ4n) is 2.39. The molecule has 0 radical (unpaired) electrons. The third-order valence-corrected chi connectivity index (χ3v) is 4.52. The van der Waals surface area contributed by atoms with Gasteiger partial charge in [-0.25, -0.2) is 0 Å². The summed E-state index contributed by atoms with van der Waals surface area (Å²) < 4.78 is 36.5. The third kappa shape index (κ3) is 3.52. The number of hydrogen-bond acceptors (Lipinski definition) is 4. The molecule has 0 bridgehead atoms. The summed E-state index contributed by atoms with van der Waals surface area (Å²) in [7, 11) is 0. The second-order valence-electron chi connectivity index (χ2n) is 4.73. The number of hydrogen-bond donors (Lipinski definition) is 3. The summed E-state index contributed by atoms with van der Waals surface area (Å²) in [6, 6.07) is 0. The largest absolute Gasteiger partial charge is 0.493 e. The van der Waals surface area contributed by atoms with Crippen LogP contribution in [0.4, 0.5) is 13.2 Å². The minimum atomic E-state index is -4.14. The van der Waals surface area contributed by atoms with Gasteiger partial charge in [-0.3, -0.25) is 0 Å². The SMILES string of the molecule is NC1=C(O)NC(SCCC(F)(F)F)C2=C1CCCC2. The van der Waals surface area contributed by atoms with Crippen molar-refractivity contribution in [2.45, 2.75) is 43.7 Å². The molecule has 0 amide bonds. The van der Waals surface area contributed by atoms with Crippen molar-refractivity contribution < 1.29 is 18.3 Å². The van der Waals surface area contributed by atoms with Gasteiger partial charge < -0.3 is 16.2 Å². The highest BCUT2D eigenvalue weighted by Crippen LogP contribution is 2.38. The highest BCUT2D eigenvalue weighted by molar-refractivity contribution is 8.00. The number of nitrogens with two attached hydrogens (primary N) is 1. The van der Waals surface area contributed by atoms with Crippen LogP contribution in [0, 0.1) is 0 Å². The molecule has 0 aromatic rings. The summed E-state index contributed by atoms with van der Waals surface area (Å²) in [5.74, 6) is -0.129. The zero-order valence-corrected chi connectivity index (χ0v) is 11.2. The second kappa shape index (κ2) is 5.56. The summed E-state index contributed by atoms with van der Waals surface area (Å²) >= 11 is 1.18. The van der Waals surface area contributed by atoms with Crippen molar-refractivity contribution >= 4 is 11.8 Å². The average Bonchev–Trinajstić information content (AvgIpc) is 2.34. The first-order valence-electron chi connectivity index (χ1n) is 6.24. The van der Waals surface area contributed by atoms with Crippen LogP contribution in [0.3, 0.4) is 0 Å². The van der Waals surface area contributed by atoms with Gasteiger partial charge >= 0.3 is 6.18 Å². The van der Waals surface area contributed by atoms with Crippen LogP contribution < -0.4 is 11.1 Å². The maximum atomic E-state index is 12.2. The van der Waals surface area contributed by atoms with Gasteiger partial charge in [-0.1, -0.05) is 0 Å². The standard InChI is InChI=1S/C12H17F3N2OS/c13-12(14,15)5-6-19-11-8-4-2-1-3-7(8)9(16)10(18)17-11/h11,17-18H,1-6,16H2. The number of dihydropyridines is 1. The molecule has 0 aromatic carbocycles. The zero-order valence-electron chi connectivity index (χ0n) is 10.4. The number of thioether (sulfide) groups is 1. The molecule has 0 saturated carbocycles. The van der Waals surface area contributed by atoms with E-state index in [9.17, 15) is 18.3 Å². The number of aliphatic hydroxyl groups excluding tert-OH is 1. The monoisotopic (exact) mass is 294 g/mol. The minimum absolute atomic E-state index is 0.0227. The first-order valence-corrected chi connectivity index (χ1v) is 7.29. The van der Waals surface area contributed by atoms with E-state index in [4.69, 9.17) is 5.73 Å². The molecule has 2 aliphatic rings. The molecule has 1 aliphatic carbocycles. The summed E-state index contributed by atoms with van der Waals surface area (Å²) in [5, 5.41) is 12.2. The Morgan fingerprint density at radius 1 is 1.32 bits per heavy atom. The van der Waals surface area contributed by atoms with Crippen molar-refractivity contribution in [3.05, 3.63) is 22.7 Å². The van der Waals surface area contributed by atoms with E-state index < -0.39 is 12.6 Å². The molecule has 0 fully saturated rings. The van der Waals surface area contributed by atoms with E-state index in [1.165, 1.54) is 11.8 Å². The molecule has 2 rings (SSSR count). The Labute approximate surface area is 114 Å². The predicted molar refractivity (Wildman–Crippen MR) is 69.4 cm³/mol. The zero-order chi connectivity index (χ0) is 14.0. The Balaban J connectivity index is 2.04. The van der Waals surface area contributed by atoms with Crippen LogP contribution in [-0.2, 0) is 0 Å². The van der Waals surface area contributed by atoms with Gasteiger partial charge in [-0.05, 0) is 36.8 Å². The predicted octanol–water partition coefficient (Wildman–Crippen LogP) is 3.16. The number of allylic oxidation sites excluding steroid dienone is 1. The third-order valence-electron chi connectivity index (χ3n) is 3.35. The van der Waals surface area contributed by atoms with Gasteiger partial charge in [-0.15, -0.1) is 11.8 Å². The Morgan fingerprint density at radius 3 is 2.68 bits per heavy atom. The highest BCUT2D eigenvalue weighted by Gasteiger charge is 2.31. The molecular formula is C12H17F3N2OS. The lowest BCUT2D eigenvalue weighted by molar-refractivity contribution is -0.129. The second-order valence-corrected chi connectivity index (χ2v) is 5.95. The minimum Gasteiger partial charge on any atom is -0.493 e. The molecule has 1 unspecified atom stereocenters. The van der Waals surface area contributed by atoms with Crippen LogP contribution in [0.15, 0.2) is 22.7 Å². The summed E-state index contributed by atoms with van der Waals surface area (Å²) in [6.07, 6.45) is -1.30. The van der Waals surface area contributed by atoms with Gasteiger partial charge in [0.15, 0.2) is 0 Å². The number of nitrogens with one attached hydrogen (secondary N) is 1. The Hall–Kier alpha value is -0.980.